The number of hydrogen-bond acceptors (Lipinski definition) is 5. The number of non-ortho nitro benzene ring substituents is 1. The lowest BCUT2D eigenvalue weighted by molar-refractivity contribution is -0.394. The van der Waals surface area contributed by atoms with Crippen molar-refractivity contribution in [1.82, 2.24) is 4.98 Å². The molecule has 1 N–H and O–H groups in total. The molecule has 0 unspecified atom stereocenters. The van der Waals surface area contributed by atoms with Crippen LogP contribution in [0.4, 0.5) is 11.4 Å². The minimum absolute atomic E-state index is 0.174. The van der Waals surface area contributed by atoms with Crippen LogP contribution in [0.25, 0.3) is 23.1 Å². The van der Waals surface area contributed by atoms with E-state index in [4.69, 9.17) is 0 Å². The summed E-state index contributed by atoms with van der Waals surface area (Å²) in [5.74, 6) is 0. The number of fused-ring (bicyclic) bond motifs is 1. The minimum Gasteiger partial charge on any atom is -0.355 e. The zero-order valence-corrected chi connectivity index (χ0v) is 12.7. The van der Waals surface area contributed by atoms with Crippen molar-refractivity contribution in [2.24, 2.45) is 0 Å². The van der Waals surface area contributed by atoms with Gasteiger partial charge < -0.3 is 4.98 Å². The predicted molar refractivity (Wildman–Crippen MR) is 93.2 cm³/mol. The summed E-state index contributed by atoms with van der Waals surface area (Å²) in [5.41, 5.74) is 0.401. The number of pyridine rings is 1. The fourth-order valence-electron chi connectivity index (χ4n) is 2.43. The summed E-state index contributed by atoms with van der Waals surface area (Å²) < 4.78 is 0. The molecule has 0 aliphatic carbocycles. The van der Waals surface area contributed by atoms with E-state index in [0.29, 0.717) is 16.6 Å². The van der Waals surface area contributed by atoms with Crippen molar-refractivity contribution >= 4 is 34.4 Å². The van der Waals surface area contributed by atoms with E-state index < -0.39 is 9.85 Å². The van der Waals surface area contributed by atoms with Crippen LogP contribution in [0.2, 0.25) is 0 Å². The summed E-state index contributed by atoms with van der Waals surface area (Å²) in [4.78, 5) is 35.6. The number of nitro benzene ring substituents is 2. The van der Waals surface area contributed by atoms with Gasteiger partial charge in [-0.25, -0.2) is 0 Å². The zero-order chi connectivity index (χ0) is 18.0. The number of rotatable bonds is 4. The molecule has 3 aromatic rings. The van der Waals surface area contributed by atoms with Crippen LogP contribution in [-0.2, 0) is 0 Å². The number of hydrogen-bond donors (Lipinski definition) is 1. The van der Waals surface area contributed by atoms with Gasteiger partial charge in [-0.15, -0.1) is 0 Å². The van der Waals surface area contributed by atoms with Crippen LogP contribution in [0.5, 0.6) is 0 Å². The standard InChI is InChI=1S/C17H11N3O5/c21-17-9-12(18-15-4-2-1-3-14(15)17)7-5-11-6-8-13(19(22)23)10-16(11)20(24)25/h1-10H,(H,18,21)/b7-5+. The Kier molecular flexibility index (Phi) is 4.09. The summed E-state index contributed by atoms with van der Waals surface area (Å²) in [7, 11) is 0. The Balaban J connectivity index is 2.03. The lowest BCUT2D eigenvalue weighted by Crippen LogP contribution is -2.02. The van der Waals surface area contributed by atoms with Crippen LogP contribution in [0.15, 0.2) is 53.3 Å². The zero-order valence-electron chi connectivity index (χ0n) is 12.7. The molecule has 8 nitrogen and oxygen atoms in total. The second-order valence-electron chi connectivity index (χ2n) is 5.23. The number of aromatic nitrogens is 1. The van der Waals surface area contributed by atoms with Gasteiger partial charge in [0.1, 0.15) is 0 Å². The summed E-state index contributed by atoms with van der Waals surface area (Å²) in [6.45, 7) is 0. The Morgan fingerprint density at radius 1 is 0.920 bits per heavy atom. The molecule has 25 heavy (non-hydrogen) atoms. The third-order valence-corrected chi connectivity index (χ3v) is 3.62. The van der Waals surface area contributed by atoms with Gasteiger partial charge in [0.05, 0.1) is 21.5 Å². The molecular weight excluding hydrogens is 326 g/mol. The molecule has 0 saturated carbocycles. The molecule has 0 spiro atoms. The van der Waals surface area contributed by atoms with Gasteiger partial charge in [-0.05, 0) is 30.4 Å². The molecule has 2 aromatic carbocycles. The van der Waals surface area contributed by atoms with Crippen molar-refractivity contribution in [2.75, 3.05) is 0 Å². The van der Waals surface area contributed by atoms with Crippen LogP contribution in [0, 0.1) is 20.2 Å². The normalized spacial score (nSPS) is 11.0. The van der Waals surface area contributed by atoms with Crippen molar-refractivity contribution in [3.8, 4) is 0 Å². The molecule has 8 heteroatoms. The Morgan fingerprint density at radius 3 is 2.40 bits per heavy atom. The highest BCUT2D eigenvalue weighted by molar-refractivity contribution is 5.81. The van der Waals surface area contributed by atoms with E-state index in [-0.39, 0.29) is 22.4 Å². The molecule has 0 radical (unpaired) electrons. The van der Waals surface area contributed by atoms with Crippen molar-refractivity contribution in [3.05, 3.63) is 90.2 Å². The second kappa shape index (κ2) is 6.36. The molecule has 0 saturated heterocycles. The molecule has 0 aliphatic heterocycles. The molecule has 0 aliphatic rings. The van der Waals surface area contributed by atoms with Crippen molar-refractivity contribution in [2.45, 2.75) is 0 Å². The van der Waals surface area contributed by atoms with Crippen LogP contribution in [-0.4, -0.2) is 14.8 Å². The Hall–Kier alpha value is -3.81. The lowest BCUT2D eigenvalue weighted by Gasteiger charge is -2.01. The molecule has 0 bridgehead atoms. The highest BCUT2D eigenvalue weighted by Crippen LogP contribution is 2.26. The molecule has 0 fully saturated rings. The maximum Gasteiger partial charge on any atom is 0.283 e. The fraction of sp³-hybridized carbons (Fsp3) is 0. The van der Waals surface area contributed by atoms with Gasteiger partial charge in [-0.2, -0.15) is 0 Å². The van der Waals surface area contributed by atoms with Crippen LogP contribution >= 0.6 is 0 Å². The number of nitrogens with zero attached hydrogens (tertiary/aromatic N) is 2. The highest BCUT2D eigenvalue weighted by Gasteiger charge is 2.17. The third kappa shape index (κ3) is 3.27. The van der Waals surface area contributed by atoms with E-state index in [2.05, 4.69) is 4.98 Å². The van der Waals surface area contributed by atoms with Gasteiger partial charge in [0.2, 0.25) is 0 Å². The van der Waals surface area contributed by atoms with Gasteiger partial charge in [-0.3, -0.25) is 25.0 Å². The van der Waals surface area contributed by atoms with Crippen LogP contribution in [0.3, 0.4) is 0 Å². The molecule has 124 valence electrons. The van der Waals surface area contributed by atoms with Gasteiger partial charge in [0, 0.05) is 28.7 Å². The first-order valence-corrected chi connectivity index (χ1v) is 7.19. The summed E-state index contributed by atoms with van der Waals surface area (Å²) >= 11 is 0. The van der Waals surface area contributed by atoms with Crippen molar-refractivity contribution < 1.29 is 9.85 Å². The van der Waals surface area contributed by atoms with E-state index in [1.807, 2.05) is 0 Å². The summed E-state index contributed by atoms with van der Waals surface area (Å²) in [6, 6.07) is 11.8. The van der Waals surface area contributed by atoms with Crippen molar-refractivity contribution in [1.29, 1.82) is 0 Å². The van der Waals surface area contributed by atoms with Crippen LogP contribution < -0.4 is 5.43 Å². The first kappa shape index (κ1) is 16.1. The number of aromatic amines is 1. The monoisotopic (exact) mass is 337 g/mol. The topological polar surface area (TPSA) is 119 Å². The van der Waals surface area contributed by atoms with Gasteiger partial charge in [0.15, 0.2) is 5.43 Å². The maximum absolute atomic E-state index is 12.1. The van der Waals surface area contributed by atoms with Gasteiger partial charge in [0.25, 0.3) is 11.4 Å². The molecule has 1 heterocycles. The Labute approximate surface area is 140 Å². The van der Waals surface area contributed by atoms with E-state index in [9.17, 15) is 25.0 Å². The van der Waals surface area contributed by atoms with E-state index >= 15 is 0 Å². The molecule has 3 rings (SSSR count). The summed E-state index contributed by atoms with van der Waals surface area (Å²) in [5, 5.41) is 22.4. The summed E-state index contributed by atoms with van der Waals surface area (Å²) in [6.07, 6.45) is 2.95. The number of benzene rings is 2. The van der Waals surface area contributed by atoms with Crippen LogP contribution in [0.1, 0.15) is 11.3 Å². The number of nitro groups is 2. The molecule has 0 atom stereocenters. The maximum atomic E-state index is 12.1. The molecule has 0 amide bonds. The molecule has 1 aromatic heterocycles. The minimum atomic E-state index is -0.693. The predicted octanol–water partition coefficient (Wildman–Crippen LogP) is 3.51. The van der Waals surface area contributed by atoms with Gasteiger partial charge >= 0.3 is 0 Å². The van der Waals surface area contributed by atoms with Crippen molar-refractivity contribution in [3.63, 3.8) is 0 Å². The average Bonchev–Trinajstić information content (AvgIpc) is 2.59. The lowest BCUT2D eigenvalue weighted by atomic mass is 10.1. The van der Waals surface area contributed by atoms with E-state index in [1.165, 1.54) is 30.4 Å². The smallest absolute Gasteiger partial charge is 0.283 e. The first-order chi connectivity index (χ1) is 12.0. The number of H-pyrrole nitrogens is 1. The Bertz CT molecular complexity index is 1090. The third-order valence-electron chi connectivity index (χ3n) is 3.62. The fourth-order valence-corrected chi connectivity index (χ4v) is 2.43. The van der Waals surface area contributed by atoms with Gasteiger partial charge in [-0.1, -0.05) is 12.1 Å². The number of para-hydroxylation sites is 1. The van der Waals surface area contributed by atoms with E-state index in [1.54, 1.807) is 24.3 Å². The molecular formula is C17H11N3O5. The SMILES string of the molecule is O=c1cc(/C=C/c2ccc([N+](=O)[O-])cc2[N+](=O)[O-])[nH]c2ccccc12. The average molecular weight is 337 g/mol. The van der Waals surface area contributed by atoms with E-state index in [0.717, 1.165) is 6.07 Å². The largest absolute Gasteiger partial charge is 0.355 e. The highest BCUT2D eigenvalue weighted by atomic mass is 16.6. The Morgan fingerprint density at radius 2 is 1.68 bits per heavy atom. The number of nitrogens with one attached hydrogen (secondary N) is 1. The quantitative estimate of drug-likeness (QED) is 0.577. The first-order valence-electron chi connectivity index (χ1n) is 7.19. The second-order valence-corrected chi connectivity index (χ2v) is 5.23.